The number of aliphatic hydroxyl groups excluding tert-OH is 1. The molecule has 0 aliphatic carbocycles. The molecule has 1 amide bonds. The van der Waals surface area contributed by atoms with Gasteiger partial charge < -0.3 is 15.3 Å². The third-order valence-electron chi connectivity index (χ3n) is 3.23. The largest absolute Gasteiger partial charge is 0.396 e. The summed E-state index contributed by atoms with van der Waals surface area (Å²) >= 11 is 0. The fourth-order valence-electron chi connectivity index (χ4n) is 2.20. The van der Waals surface area contributed by atoms with Crippen LogP contribution in [0, 0.1) is 0 Å². The van der Waals surface area contributed by atoms with Crippen molar-refractivity contribution in [1.29, 1.82) is 0 Å². The van der Waals surface area contributed by atoms with Gasteiger partial charge in [0.1, 0.15) is 0 Å². The molecular formula is C13H26N2O2. The number of rotatable bonds is 9. The molecule has 0 spiro atoms. The van der Waals surface area contributed by atoms with Gasteiger partial charge in [-0.1, -0.05) is 6.42 Å². The summed E-state index contributed by atoms with van der Waals surface area (Å²) in [6, 6.07) is 0. The lowest BCUT2D eigenvalue weighted by Crippen LogP contribution is -2.28. The summed E-state index contributed by atoms with van der Waals surface area (Å²) in [5.74, 6) is 0.157. The van der Waals surface area contributed by atoms with Crippen molar-refractivity contribution in [2.24, 2.45) is 0 Å². The Morgan fingerprint density at radius 3 is 2.59 bits per heavy atom. The molecular weight excluding hydrogens is 216 g/mol. The first-order valence-electron chi connectivity index (χ1n) is 6.93. The molecule has 1 saturated heterocycles. The molecule has 0 bridgehead atoms. The quantitative estimate of drug-likeness (QED) is 0.596. The SMILES string of the molecule is O=C(CCCCCO)NCCCN1CCCC1. The van der Waals surface area contributed by atoms with Crippen LogP contribution >= 0.6 is 0 Å². The summed E-state index contributed by atoms with van der Waals surface area (Å²) in [6.07, 6.45) is 6.96. The molecule has 2 N–H and O–H groups in total. The Kier molecular flexibility index (Phi) is 8.01. The fraction of sp³-hybridized carbons (Fsp3) is 0.923. The predicted molar refractivity (Wildman–Crippen MR) is 68.9 cm³/mol. The van der Waals surface area contributed by atoms with E-state index in [9.17, 15) is 4.79 Å². The van der Waals surface area contributed by atoms with Gasteiger partial charge in [-0.05, 0) is 51.7 Å². The van der Waals surface area contributed by atoms with Crippen molar-refractivity contribution >= 4 is 5.91 Å². The lowest BCUT2D eigenvalue weighted by atomic mass is 10.2. The van der Waals surface area contributed by atoms with Gasteiger partial charge >= 0.3 is 0 Å². The summed E-state index contributed by atoms with van der Waals surface area (Å²) in [6.45, 7) is 4.61. The van der Waals surface area contributed by atoms with E-state index in [4.69, 9.17) is 5.11 Å². The number of hydrogen-bond donors (Lipinski definition) is 2. The lowest BCUT2D eigenvalue weighted by Gasteiger charge is -2.14. The second-order valence-corrected chi connectivity index (χ2v) is 4.79. The Balaban J connectivity index is 1.85. The molecule has 0 aromatic carbocycles. The van der Waals surface area contributed by atoms with Crippen LogP contribution in [0.5, 0.6) is 0 Å². The van der Waals surface area contributed by atoms with Gasteiger partial charge in [0.05, 0.1) is 0 Å². The van der Waals surface area contributed by atoms with Crippen molar-refractivity contribution < 1.29 is 9.90 Å². The minimum Gasteiger partial charge on any atom is -0.396 e. The molecule has 4 heteroatoms. The third-order valence-corrected chi connectivity index (χ3v) is 3.23. The van der Waals surface area contributed by atoms with E-state index in [1.807, 2.05) is 0 Å². The van der Waals surface area contributed by atoms with Crippen LogP contribution in [0.25, 0.3) is 0 Å². The molecule has 17 heavy (non-hydrogen) atoms. The molecule has 1 aliphatic heterocycles. The third kappa shape index (κ3) is 7.34. The van der Waals surface area contributed by atoms with Gasteiger partial charge in [0, 0.05) is 19.6 Å². The lowest BCUT2D eigenvalue weighted by molar-refractivity contribution is -0.121. The highest BCUT2D eigenvalue weighted by molar-refractivity contribution is 5.75. The van der Waals surface area contributed by atoms with Crippen LogP contribution in [-0.2, 0) is 4.79 Å². The van der Waals surface area contributed by atoms with Crippen molar-refractivity contribution in [3.8, 4) is 0 Å². The van der Waals surface area contributed by atoms with Crippen LogP contribution in [0.2, 0.25) is 0 Å². The van der Waals surface area contributed by atoms with Gasteiger partial charge in [-0.3, -0.25) is 4.79 Å². The number of nitrogens with zero attached hydrogens (tertiary/aromatic N) is 1. The second-order valence-electron chi connectivity index (χ2n) is 4.79. The van der Waals surface area contributed by atoms with E-state index in [-0.39, 0.29) is 12.5 Å². The van der Waals surface area contributed by atoms with E-state index in [0.717, 1.165) is 38.8 Å². The maximum Gasteiger partial charge on any atom is 0.219 e. The van der Waals surface area contributed by atoms with Crippen LogP contribution < -0.4 is 5.32 Å². The zero-order valence-electron chi connectivity index (χ0n) is 10.8. The number of aliphatic hydroxyl groups is 1. The normalized spacial score (nSPS) is 16.3. The maximum absolute atomic E-state index is 11.4. The van der Waals surface area contributed by atoms with Crippen LogP contribution in [0.15, 0.2) is 0 Å². The number of amides is 1. The first kappa shape index (κ1) is 14.5. The van der Waals surface area contributed by atoms with E-state index >= 15 is 0 Å². The van der Waals surface area contributed by atoms with Crippen molar-refractivity contribution in [3.63, 3.8) is 0 Å². The van der Waals surface area contributed by atoms with Gasteiger partial charge in [-0.2, -0.15) is 0 Å². The average molecular weight is 242 g/mol. The fourth-order valence-corrected chi connectivity index (χ4v) is 2.20. The van der Waals surface area contributed by atoms with Crippen LogP contribution in [-0.4, -0.2) is 48.7 Å². The number of carbonyl (C=O) groups is 1. The molecule has 1 rings (SSSR count). The summed E-state index contributed by atoms with van der Waals surface area (Å²) in [5, 5.41) is 11.6. The van der Waals surface area contributed by atoms with Crippen LogP contribution in [0.1, 0.15) is 44.9 Å². The monoisotopic (exact) mass is 242 g/mol. The van der Waals surface area contributed by atoms with Gasteiger partial charge in [-0.15, -0.1) is 0 Å². The highest BCUT2D eigenvalue weighted by atomic mass is 16.2. The molecule has 0 aromatic rings. The van der Waals surface area contributed by atoms with E-state index in [2.05, 4.69) is 10.2 Å². The predicted octanol–water partition coefficient (Wildman–Crippen LogP) is 1.14. The highest BCUT2D eigenvalue weighted by Crippen LogP contribution is 2.06. The second kappa shape index (κ2) is 9.42. The number of nitrogens with one attached hydrogen (secondary N) is 1. The Morgan fingerprint density at radius 2 is 1.88 bits per heavy atom. The van der Waals surface area contributed by atoms with Gasteiger partial charge in [0.25, 0.3) is 0 Å². The zero-order chi connectivity index (χ0) is 12.3. The standard InChI is InChI=1S/C13H26N2O2/c16-12-5-1-2-7-13(17)14-8-6-11-15-9-3-4-10-15/h16H,1-12H2,(H,14,17). The molecule has 1 heterocycles. The molecule has 0 aromatic heterocycles. The van der Waals surface area contributed by atoms with E-state index in [1.54, 1.807) is 0 Å². The summed E-state index contributed by atoms with van der Waals surface area (Å²) in [4.78, 5) is 13.9. The average Bonchev–Trinajstić information content (AvgIpc) is 2.83. The molecule has 100 valence electrons. The van der Waals surface area contributed by atoms with Crippen molar-refractivity contribution in [1.82, 2.24) is 10.2 Å². The first-order chi connectivity index (χ1) is 8.33. The Hall–Kier alpha value is -0.610. The van der Waals surface area contributed by atoms with Gasteiger partial charge in [-0.25, -0.2) is 0 Å². The van der Waals surface area contributed by atoms with Crippen molar-refractivity contribution in [2.45, 2.75) is 44.9 Å². The maximum atomic E-state index is 11.4. The number of carbonyl (C=O) groups excluding carboxylic acids is 1. The van der Waals surface area contributed by atoms with E-state index in [1.165, 1.54) is 25.9 Å². The smallest absolute Gasteiger partial charge is 0.219 e. The minimum atomic E-state index is 0.157. The highest BCUT2D eigenvalue weighted by Gasteiger charge is 2.10. The van der Waals surface area contributed by atoms with E-state index < -0.39 is 0 Å². The van der Waals surface area contributed by atoms with Crippen molar-refractivity contribution in [3.05, 3.63) is 0 Å². The molecule has 0 saturated carbocycles. The minimum absolute atomic E-state index is 0.157. The van der Waals surface area contributed by atoms with Gasteiger partial charge in [0.15, 0.2) is 0 Å². The molecule has 0 unspecified atom stereocenters. The topological polar surface area (TPSA) is 52.6 Å². The summed E-state index contributed by atoms with van der Waals surface area (Å²) < 4.78 is 0. The molecule has 0 radical (unpaired) electrons. The van der Waals surface area contributed by atoms with Gasteiger partial charge in [0.2, 0.25) is 5.91 Å². The molecule has 1 fully saturated rings. The number of likely N-dealkylation sites (tertiary alicyclic amines) is 1. The molecule has 4 nitrogen and oxygen atoms in total. The summed E-state index contributed by atoms with van der Waals surface area (Å²) in [5.41, 5.74) is 0. The number of hydrogen-bond acceptors (Lipinski definition) is 3. The zero-order valence-corrected chi connectivity index (χ0v) is 10.8. The molecule has 0 atom stereocenters. The Bertz CT molecular complexity index is 204. The Labute approximate surface area is 104 Å². The van der Waals surface area contributed by atoms with E-state index in [0.29, 0.717) is 6.42 Å². The van der Waals surface area contributed by atoms with Crippen LogP contribution in [0.3, 0.4) is 0 Å². The van der Waals surface area contributed by atoms with Crippen LogP contribution in [0.4, 0.5) is 0 Å². The Morgan fingerprint density at radius 1 is 1.12 bits per heavy atom. The first-order valence-corrected chi connectivity index (χ1v) is 6.93. The number of unbranched alkanes of at least 4 members (excludes halogenated alkanes) is 2. The van der Waals surface area contributed by atoms with Crippen molar-refractivity contribution in [2.75, 3.05) is 32.8 Å². The molecule has 1 aliphatic rings. The summed E-state index contributed by atoms with van der Waals surface area (Å²) in [7, 11) is 0.